The number of nitrogens with one attached hydrogen (secondary N) is 1. The van der Waals surface area contributed by atoms with Crippen molar-refractivity contribution in [3.05, 3.63) is 21.9 Å². The average Bonchev–Trinajstić information content (AvgIpc) is 2.82. The second-order valence-corrected chi connectivity index (χ2v) is 5.17. The van der Waals surface area contributed by atoms with E-state index >= 15 is 0 Å². The van der Waals surface area contributed by atoms with Gasteiger partial charge in [0.15, 0.2) is 10.3 Å². The summed E-state index contributed by atoms with van der Waals surface area (Å²) in [5.74, 6) is -1.64. The number of carbonyl (C=O) groups excluding carboxylic acids is 1. The third-order valence-corrected chi connectivity index (χ3v) is 3.65. The van der Waals surface area contributed by atoms with E-state index in [1.807, 2.05) is 0 Å². The van der Waals surface area contributed by atoms with Gasteiger partial charge in [0.1, 0.15) is 5.54 Å². The minimum atomic E-state index is -1.23. The fourth-order valence-corrected chi connectivity index (χ4v) is 2.49. The number of hydrogen-bond acceptors (Lipinski definition) is 4. The standard InChI is InChI=1S/C11H11Cl2N3O3/c12-7-5-6(8(13)16-15-7)9(17)14-11(10(18)19)3-1-2-4-11/h5H,1-4H2,(H,14,17)(H,18,19). The average molecular weight is 304 g/mol. The molecule has 0 aromatic carbocycles. The van der Waals surface area contributed by atoms with E-state index in [2.05, 4.69) is 15.5 Å². The molecular weight excluding hydrogens is 293 g/mol. The van der Waals surface area contributed by atoms with Crippen LogP contribution in [-0.4, -0.2) is 32.7 Å². The smallest absolute Gasteiger partial charge is 0.329 e. The minimum Gasteiger partial charge on any atom is -0.480 e. The maximum atomic E-state index is 12.1. The van der Waals surface area contributed by atoms with Crippen molar-refractivity contribution in [2.75, 3.05) is 0 Å². The predicted molar refractivity (Wildman–Crippen MR) is 68.4 cm³/mol. The van der Waals surface area contributed by atoms with Crippen LogP contribution in [0.4, 0.5) is 0 Å². The van der Waals surface area contributed by atoms with Crippen molar-refractivity contribution in [1.82, 2.24) is 15.5 Å². The zero-order chi connectivity index (χ0) is 14.0. The van der Waals surface area contributed by atoms with Gasteiger partial charge in [-0.15, -0.1) is 10.2 Å². The molecular formula is C11H11Cl2N3O3. The zero-order valence-corrected chi connectivity index (χ0v) is 11.3. The molecule has 0 spiro atoms. The second-order valence-electron chi connectivity index (χ2n) is 4.42. The van der Waals surface area contributed by atoms with E-state index in [1.54, 1.807) is 0 Å². The Morgan fingerprint density at radius 1 is 1.26 bits per heavy atom. The molecule has 1 aliphatic rings. The molecule has 2 rings (SSSR count). The van der Waals surface area contributed by atoms with E-state index in [-0.39, 0.29) is 15.9 Å². The Kier molecular flexibility index (Phi) is 3.91. The molecule has 2 N–H and O–H groups in total. The van der Waals surface area contributed by atoms with Crippen molar-refractivity contribution in [2.24, 2.45) is 0 Å². The minimum absolute atomic E-state index is 0.0188. The Bertz CT molecular complexity index is 530. The number of nitrogens with zero attached hydrogens (tertiary/aromatic N) is 2. The molecule has 0 radical (unpaired) electrons. The molecule has 1 aliphatic carbocycles. The molecule has 1 fully saturated rings. The molecule has 8 heteroatoms. The van der Waals surface area contributed by atoms with Gasteiger partial charge in [-0.3, -0.25) is 4.79 Å². The van der Waals surface area contributed by atoms with Crippen molar-refractivity contribution in [3.8, 4) is 0 Å². The quantitative estimate of drug-likeness (QED) is 0.890. The lowest BCUT2D eigenvalue weighted by atomic mass is 9.97. The number of halogens is 2. The lowest BCUT2D eigenvalue weighted by molar-refractivity contribution is -0.144. The summed E-state index contributed by atoms with van der Waals surface area (Å²) in [6.07, 6.45) is 2.32. The predicted octanol–water partition coefficient (Wildman–Crippen LogP) is 1.91. The van der Waals surface area contributed by atoms with Crippen molar-refractivity contribution in [3.63, 3.8) is 0 Å². The monoisotopic (exact) mass is 303 g/mol. The maximum absolute atomic E-state index is 12.1. The summed E-state index contributed by atoms with van der Waals surface area (Å²) in [5, 5.41) is 18.7. The van der Waals surface area contributed by atoms with Gasteiger partial charge in [0, 0.05) is 0 Å². The van der Waals surface area contributed by atoms with E-state index in [0.717, 1.165) is 12.8 Å². The molecule has 1 heterocycles. The number of amides is 1. The van der Waals surface area contributed by atoms with Crippen LogP contribution in [0.15, 0.2) is 6.07 Å². The molecule has 1 aromatic heterocycles. The summed E-state index contributed by atoms with van der Waals surface area (Å²) >= 11 is 11.4. The maximum Gasteiger partial charge on any atom is 0.329 e. The third kappa shape index (κ3) is 2.79. The highest BCUT2D eigenvalue weighted by atomic mass is 35.5. The Labute approximate surface area is 119 Å². The molecule has 102 valence electrons. The number of aliphatic carboxylic acids is 1. The highest BCUT2D eigenvalue weighted by Gasteiger charge is 2.43. The lowest BCUT2D eigenvalue weighted by Crippen LogP contribution is -2.52. The van der Waals surface area contributed by atoms with E-state index in [9.17, 15) is 14.7 Å². The largest absolute Gasteiger partial charge is 0.480 e. The molecule has 0 atom stereocenters. The van der Waals surface area contributed by atoms with Gasteiger partial charge in [-0.2, -0.15) is 0 Å². The van der Waals surface area contributed by atoms with Crippen LogP contribution in [0, 0.1) is 0 Å². The van der Waals surface area contributed by atoms with Gasteiger partial charge in [-0.1, -0.05) is 36.0 Å². The van der Waals surface area contributed by atoms with Crippen LogP contribution < -0.4 is 5.32 Å². The molecule has 19 heavy (non-hydrogen) atoms. The fraction of sp³-hybridized carbons (Fsp3) is 0.455. The molecule has 0 unspecified atom stereocenters. The van der Waals surface area contributed by atoms with Gasteiger partial charge in [-0.05, 0) is 18.9 Å². The molecule has 0 saturated heterocycles. The SMILES string of the molecule is O=C(NC1(C(=O)O)CCCC1)c1cc(Cl)nnc1Cl. The van der Waals surface area contributed by atoms with Crippen LogP contribution in [-0.2, 0) is 4.79 Å². The van der Waals surface area contributed by atoms with Crippen LogP contribution >= 0.6 is 23.2 Å². The summed E-state index contributed by atoms with van der Waals surface area (Å²) < 4.78 is 0. The third-order valence-electron chi connectivity index (χ3n) is 3.18. The number of carboxylic acids is 1. The number of carboxylic acid groups (broad SMARTS) is 1. The second kappa shape index (κ2) is 5.30. The normalized spacial score (nSPS) is 17.2. The zero-order valence-electron chi connectivity index (χ0n) is 9.82. The molecule has 6 nitrogen and oxygen atoms in total. The van der Waals surface area contributed by atoms with Crippen LogP contribution in [0.5, 0.6) is 0 Å². The van der Waals surface area contributed by atoms with Crippen molar-refractivity contribution in [1.29, 1.82) is 0 Å². The van der Waals surface area contributed by atoms with E-state index in [1.165, 1.54) is 6.07 Å². The molecule has 0 bridgehead atoms. The van der Waals surface area contributed by atoms with Crippen LogP contribution in [0.1, 0.15) is 36.0 Å². The summed E-state index contributed by atoms with van der Waals surface area (Å²) in [4.78, 5) is 23.4. The Hall–Kier alpha value is -1.40. The molecule has 1 amide bonds. The number of rotatable bonds is 3. The molecule has 1 saturated carbocycles. The highest BCUT2D eigenvalue weighted by molar-refractivity contribution is 6.34. The fourth-order valence-electron chi connectivity index (χ4n) is 2.17. The van der Waals surface area contributed by atoms with E-state index < -0.39 is 17.4 Å². The number of carbonyl (C=O) groups is 2. The Morgan fingerprint density at radius 2 is 1.89 bits per heavy atom. The van der Waals surface area contributed by atoms with Crippen molar-refractivity contribution >= 4 is 35.1 Å². The van der Waals surface area contributed by atoms with Gasteiger partial charge >= 0.3 is 5.97 Å². The first-order chi connectivity index (χ1) is 8.94. The summed E-state index contributed by atoms with van der Waals surface area (Å²) in [6.45, 7) is 0. The van der Waals surface area contributed by atoms with E-state index in [0.29, 0.717) is 12.8 Å². The summed E-state index contributed by atoms with van der Waals surface area (Å²) in [7, 11) is 0. The van der Waals surface area contributed by atoms with Gasteiger partial charge in [0.2, 0.25) is 0 Å². The van der Waals surface area contributed by atoms with Crippen LogP contribution in [0.3, 0.4) is 0 Å². The van der Waals surface area contributed by atoms with Gasteiger partial charge in [0.25, 0.3) is 5.91 Å². The van der Waals surface area contributed by atoms with Crippen molar-refractivity contribution in [2.45, 2.75) is 31.2 Å². The van der Waals surface area contributed by atoms with E-state index in [4.69, 9.17) is 23.2 Å². The van der Waals surface area contributed by atoms with Gasteiger partial charge in [0.05, 0.1) is 5.56 Å². The van der Waals surface area contributed by atoms with Crippen LogP contribution in [0.25, 0.3) is 0 Å². The van der Waals surface area contributed by atoms with Gasteiger partial charge in [-0.25, -0.2) is 4.79 Å². The lowest BCUT2D eigenvalue weighted by Gasteiger charge is -2.25. The molecule has 1 aromatic rings. The Morgan fingerprint density at radius 3 is 2.47 bits per heavy atom. The first kappa shape index (κ1) is 14.0. The van der Waals surface area contributed by atoms with Gasteiger partial charge < -0.3 is 10.4 Å². The van der Waals surface area contributed by atoms with Crippen molar-refractivity contribution < 1.29 is 14.7 Å². The Balaban J connectivity index is 2.25. The first-order valence-electron chi connectivity index (χ1n) is 5.69. The first-order valence-corrected chi connectivity index (χ1v) is 6.45. The van der Waals surface area contributed by atoms with Crippen LogP contribution in [0.2, 0.25) is 10.3 Å². The number of hydrogen-bond donors (Lipinski definition) is 2. The number of aromatic nitrogens is 2. The summed E-state index contributed by atoms with van der Waals surface area (Å²) in [5.41, 5.74) is -1.20. The summed E-state index contributed by atoms with van der Waals surface area (Å²) in [6, 6.07) is 1.26. The highest BCUT2D eigenvalue weighted by Crippen LogP contribution is 2.30. The topological polar surface area (TPSA) is 92.2 Å². The molecule has 0 aliphatic heterocycles.